The number of urea groups is 1. The second-order valence-electron chi connectivity index (χ2n) is 7.55. The van der Waals surface area contributed by atoms with Crippen molar-refractivity contribution in [1.29, 1.82) is 0 Å². The molecule has 1 atom stereocenters. The number of hydrogen-bond acceptors (Lipinski definition) is 5. The van der Waals surface area contributed by atoms with Crippen LogP contribution >= 0.6 is 0 Å². The molecule has 1 saturated heterocycles. The Labute approximate surface area is 158 Å². The maximum atomic E-state index is 12.6. The molecule has 27 heavy (non-hydrogen) atoms. The Morgan fingerprint density at radius 2 is 2.04 bits per heavy atom. The number of nitrogens with one attached hydrogen (secondary N) is 2. The van der Waals surface area contributed by atoms with Crippen molar-refractivity contribution in [3.05, 3.63) is 23.8 Å². The summed E-state index contributed by atoms with van der Waals surface area (Å²) in [5.74, 6) is 0.975. The quantitative estimate of drug-likeness (QED) is 0.708. The van der Waals surface area contributed by atoms with Gasteiger partial charge in [-0.15, -0.1) is 0 Å². The van der Waals surface area contributed by atoms with Crippen LogP contribution in [0.25, 0.3) is 0 Å². The maximum absolute atomic E-state index is 12.6. The van der Waals surface area contributed by atoms with Crippen LogP contribution in [0.1, 0.15) is 39.2 Å². The van der Waals surface area contributed by atoms with Gasteiger partial charge in [0.1, 0.15) is 12.1 Å². The number of carbonyl (C=O) groups excluding carboxylic acids is 3. The van der Waals surface area contributed by atoms with Crippen molar-refractivity contribution in [3.8, 4) is 11.5 Å². The van der Waals surface area contributed by atoms with E-state index in [0.29, 0.717) is 23.8 Å². The molecule has 1 aromatic rings. The standard InChI is InChI=1S/C19H25N3O5/c1-12(2)6-7-19(3)17(24)22(18(25)21-19)10-16(23)20-9-13-4-5-14-15(8-13)27-11-26-14/h4-5,8,12H,6-7,9-11H2,1-3H3,(H,20,23)(H,21,25)/t19-/m0/s1. The predicted molar refractivity (Wildman–Crippen MR) is 97.1 cm³/mol. The molecule has 0 spiro atoms. The molecule has 1 aromatic carbocycles. The number of benzene rings is 1. The number of hydrogen-bond donors (Lipinski definition) is 2. The summed E-state index contributed by atoms with van der Waals surface area (Å²) in [4.78, 5) is 38.0. The zero-order valence-electron chi connectivity index (χ0n) is 15.8. The zero-order chi connectivity index (χ0) is 19.6. The lowest BCUT2D eigenvalue weighted by molar-refractivity contribution is -0.134. The van der Waals surface area contributed by atoms with Crippen LogP contribution in [0.15, 0.2) is 18.2 Å². The molecule has 2 N–H and O–H groups in total. The SMILES string of the molecule is CC(C)CC[C@]1(C)NC(=O)N(CC(=O)NCc2ccc3c(c2)OCO3)C1=O. The molecule has 0 saturated carbocycles. The lowest BCUT2D eigenvalue weighted by Gasteiger charge is -2.22. The van der Waals surface area contributed by atoms with Crippen molar-refractivity contribution in [2.45, 2.75) is 45.7 Å². The van der Waals surface area contributed by atoms with Gasteiger partial charge < -0.3 is 20.1 Å². The van der Waals surface area contributed by atoms with Gasteiger partial charge in [-0.1, -0.05) is 19.9 Å². The van der Waals surface area contributed by atoms with Gasteiger partial charge >= 0.3 is 6.03 Å². The van der Waals surface area contributed by atoms with Crippen molar-refractivity contribution >= 4 is 17.8 Å². The topological polar surface area (TPSA) is 97.0 Å². The molecule has 1 fully saturated rings. The first-order chi connectivity index (χ1) is 12.8. The average Bonchev–Trinajstić information content (AvgIpc) is 3.16. The first kappa shape index (κ1) is 19.0. The average molecular weight is 375 g/mol. The maximum Gasteiger partial charge on any atom is 0.325 e. The highest BCUT2D eigenvalue weighted by molar-refractivity contribution is 6.08. The third kappa shape index (κ3) is 4.15. The van der Waals surface area contributed by atoms with Gasteiger partial charge in [0.2, 0.25) is 12.7 Å². The molecule has 4 amide bonds. The molecule has 0 unspecified atom stereocenters. The van der Waals surface area contributed by atoms with E-state index in [1.54, 1.807) is 19.1 Å². The van der Waals surface area contributed by atoms with Crippen LogP contribution in [0.5, 0.6) is 11.5 Å². The smallest absolute Gasteiger partial charge is 0.325 e. The molecule has 2 heterocycles. The molecule has 0 radical (unpaired) electrons. The number of ether oxygens (including phenoxy) is 2. The van der Waals surface area contributed by atoms with Gasteiger partial charge in [-0.05, 0) is 43.4 Å². The largest absolute Gasteiger partial charge is 0.454 e. The van der Waals surface area contributed by atoms with E-state index in [4.69, 9.17) is 9.47 Å². The van der Waals surface area contributed by atoms with Crippen LogP contribution in [0.4, 0.5) is 4.79 Å². The number of fused-ring (bicyclic) bond motifs is 1. The van der Waals surface area contributed by atoms with Gasteiger partial charge in [-0.25, -0.2) is 4.79 Å². The summed E-state index contributed by atoms with van der Waals surface area (Å²) in [6, 6.07) is 4.87. The van der Waals surface area contributed by atoms with E-state index in [1.807, 2.05) is 6.07 Å². The Kier molecular flexibility index (Phi) is 5.25. The summed E-state index contributed by atoms with van der Waals surface area (Å²) in [5, 5.41) is 5.45. The molecule has 3 rings (SSSR count). The number of rotatable bonds is 7. The minimum Gasteiger partial charge on any atom is -0.454 e. The van der Waals surface area contributed by atoms with Crippen molar-refractivity contribution < 1.29 is 23.9 Å². The van der Waals surface area contributed by atoms with Crippen molar-refractivity contribution in [2.75, 3.05) is 13.3 Å². The normalized spacial score (nSPS) is 21.0. The number of imide groups is 1. The molecule has 0 aliphatic carbocycles. The second-order valence-corrected chi connectivity index (χ2v) is 7.55. The Morgan fingerprint density at radius 3 is 2.78 bits per heavy atom. The lowest BCUT2D eigenvalue weighted by Crippen LogP contribution is -2.45. The molecule has 2 aliphatic heterocycles. The van der Waals surface area contributed by atoms with Crippen LogP contribution in [0, 0.1) is 5.92 Å². The Balaban J connectivity index is 1.54. The van der Waals surface area contributed by atoms with Crippen molar-refractivity contribution in [3.63, 3.8) is 0 Å². The molecule has 0 aromatic heterocycles. The van der Waals surface area contributed by atoms with Gasteiger partial charge in [0.15, 0.2) is 11.5 Å². The molecule has 146 valence electrons. The van der Waals surface area contributed by atoms with Crippen molar-refractivity contribution in [1.82, 2.24) is 15.5 Å². The fraction of sp³-hybridized carbons (Fsp3) is 0.526. The third-order valence-electron chi connectivity index (χ3n) is 4.80. The summed E-state index contributed by atoms with van der Waals surface area (Å²) in [6.07, 6.45) is 1.36. The Bertz CT molecular complexity index is 764. The van der Waals surface area contributed by atoms with E-state index in [2.05, 4.69) is 24.5 Å². The molecule has 8 heteroatoms. The van der Waals surface area contributed by atoms with E-state index in [0.717, 1.165) is 16.9 Å². The predicted octanol–water partition coefficient (Wildman–Crippen LogP) is 1.78. The van der Waals surface area contributed by atoms with Crippen LogP contribution in [-0.4, -0.2) is 41.6 Å². The fourth-order valence-corrected chi connectivity index (χ4v) is 3.09. The van der Waals surface area contributed by atoms with Gasteiger partial charge in [0.05, 0.1) is 0 Å². The Morgan fingerprint density at radius 1 is 1.30 bits per heavy atom. The highest BCUT2D eigenvalue weighted by atomic mass is 16.7. The summed E-state index contributed by atoms with van der Waals surface area (Å²) in [5.41, 5.74) is -0.106. The minimum absolute atomic E-state index is 0.187. The summed E-state index contributed by atoms with van der Waals surface area (Å²) >= 11 is 0. The van der Waals surface area contributed by atoms with E-state index in [9.17, 15) is 14.4 Å². The third-order valence-corrected chi connectivity index (χ3v) is 4.80. The number of amides is 4. The monoisotopic (exact) mass is 375 g/mol. The molecule has 0 bridgehead atoms. The highest BCUT2D eigenvalue weighted by Gasteiger charge is 2.47. The van der Waals surface area contributed by atoms with Crippen LogP contribution < -0.4 is 20.1 Å². The van der Waals surface area contributed by atoms with E-state index in [-0.39, 0.29) is 25.8 Å². The Hall–Kier alpha value is -2.77. The van der Waals surface area contributed by atoms with Gasteiger partial charge in [0.25, 0.3) is 5.91 Å². The molecule has 2 aliphatic rings. The first-order valence-electron chi connectivity index (χ1n) is 9.08. The van der Waals surface area contributed by atoms with Crippen LogP contribution in [-0.2, 0) is 16.1 Å². The summed E-state index contributed by atoms with van der Waals surface area (Å²) in [6.45, 7) is 5.99. The summed E-state index contributed by atoms with van der Waals surface area (Å²) < 4.78 is 10.6. The fourth-order valence-electron chi connectivity index (χ4n) is 3.09. The zero-order valence-corrected chi connectivity index (χ0v) is 15.8. The van der Waals surface area contributed by atoms with Crippen LogP contribution in [0.3, 0.4) is 0 Å². The number of nitrogens with zero attached hydrogens (tertiary/aromatic N) is 1. The second kappa shape index (κ2) is 7.46. The van der Waals surface area contributed by atoms with Gasteiger partial charge in [-0.2, -0.15) is 0 Å². The van der Waals surface area contributed by atoms with E-state index < -0.39 is 17.5 Å². The van der Waals surface area contributed by atoms with Gasteiger partial charge in [-0.3, -0.25) is 14.5 Å². The van der Waals surface area contributed by atoms with Crippen molar-refractivity contribution in [2.24, 2.45) is 5.92 Å². The first-order valence-corrected chi connectivity index (χ1v) is 9.08. The molecular formula is C19H25N3O5. The van der Waals surface area contributed by atoms with Crippen LogP contribution in [0.2, 0.25) is 0 Å². The lowest BCUT2D eigenvalue weighted by atomic mass is 9.92. The highest BCUT2D eigenvalue weighted by Crippen LogP contribution is 2.32. The number of carbonyl (C=O) groups is 3. The van der Waals surface area contributed by atoms with Gasteiger partial charge in [0, 0.05) is 6.54 Å². The summed E-state index contributed by atoms with van der Waals surface area (Å²) in [7, 11) is 0. The molecular weight excluding hydrogens is 350 g/mol. The van der Waals surface area contributed by atoms with E-state index >= 15 is 0 Å². The minimum atomic E-state index is -0.945. The molecule has 8 nitrogen and oxygen atoms in total. The van der Waals surface area contributed by atoms with E-state index in [1.165, 1.54) is 0 Å².